The van der Waals surface area contributed by atoms with Crippen LogP contribution in [0.15, 0.2) is 94.2 Å². The van der Waals surface area contributed by atoms with E-state index in [4.69, 9.17) is 30.8 Å². The molecule has 10 heteroatoms. The standard InChI is InChI=1S/C35H28ClN3O5S/c1-4-42-34(41)30-31(22-8-6-5-7-9-22)37-35-39(32(30)23-10-12-25(36)13-11-23)33(40)29(45-35)17-24-16-20(2)38(21(24)3)26-14-15-27-28(18-26)44-19-43-27/h5-18,32H,4,19H2,1-3H3/b29-17+/t32-/m0/s1. The number of carbonyl (C=O) groups excluding carboxylic acids is 1. The number of hydrogen-bond donors (Lipinski definition) is 0. The van der Waals surface area contributed by atoms with Crippen molar-refractivity contribution in [3.8, 4) is 17.2 Å². The van der Waals surface area contributed by atoms with Gasteiger partial charge in [-0.3, -0.25) is 9.36 Å². The van der Waals surface area contributed by atoms with Crippen LogP contribution in [0.4, 0.5) is 0 Å². The minimum absolute atomic E-state index is 0.182. The molecule has 2 aliphatic heterocycles. The number of aromatic nitrogens is 2. The van der Waals surface area contributed by atoms with Gasteiger partial charge in [-0.1, -0.05) is 65.4 Å². The van der Waals surface area contributed by atoms with Crippen molar-refractivity contribution in [3.63, 3.8) is 0 Å². The predicted octanol–water partition coefficient (Wildman–Crippen LogP) is 5.73. The molecule has 0 aliphatic carbocycles. The van der Waals surface area contributed by atoms with Crippen LogP contribution in [0.1, 0.15) is 41.0 Å². The Morgan fingerprint density at radius 1 is 1.04 bits per heavy atom. The van der Waals surface area contributed by atoms with E-state index in [1.807, 2.05) is 86.7 Å². The lowest BCUT2D eigenvalue weighted by molar-refractivity contribution is -0.138. The average Bonchev–Trinajstić information content (AvgIpc) is 3.72. The van der Waals surface area contributed by atoms with Gasteiger partial charge >= 0.3 is 5.97 Å². The predicted molar refractivity (Wildman–Crippen MR) is 174 cm³/mol. The fourth-order valence-electron chi connectivity index (χ4n) is 5.90. The summed E-state index contributed by atoms with van der Waals surface area (Å²) in [5.74, 6) is 0.889. The summed E-state index contributed by atoms with van der Waals surface area (Å²) in [4.78, 5) is 33.3. The van der Waals surface area contributed by atoms with Gasteiger partial charge < -0.3 is 18.8 Å². The number of aryl methyl sites for hydroxylation is 1. The highest BCUT2D eigenvalue weighted by Crippen LogP contribution is 2.36. The maximum atomic E-state index is 14.3. The van der Waals surface area contributed by atoms with E-state index in [9.17, 15) is 9.59 Å². The Morgan fingerprint density at radius 3 is 2.56 bits per heavy atom. The highest BCUT2D eigenvalue weighted by atomic mass is 35.5. The molecule has 0 radical (unpaired) electrons. The molecule has 226 valence electrons. The van der Waals surface area contributed by atoms with E-state index < -0.39 is 12.0 Å². The zero-order valence-corrected chi connectivity index (χ0v) is 26.3. The van der Waals surface area contributed by atoms with Crippen LogP contribution in [0.3, 0.4) is 0 Å². The molecule has 3 aromatic carbocycles. The number of carbonyl (C=O) groups is 1. The lowest BCUT2D eigenvalue weighted by atomic mass is 9.93. The van der Waals surface area contributed by atoms with Crippen LogP contribution >= 0.6 is 22.9 Å². The molecular weight excluding hydrogens is 610 g/mol. The lowest BCUT2D eigenvalue weighted by Gasteiger charge is -2.25. The first-order valence-electron chi connectivity index (χ1n) is 14.5. The molecule has 2 aromatic heterocycles. The van der Waals surface area contributed by atoms with Crippen molar-refractivity contribution >= 4 is 40.7 Å². The molecule has 0 spiro atoms. The average molecular weight is 638 g/mol. The van der Waals surface area contributed by atoms with Crippen LogP contribution < -0.4 is 24.4 Å². The fourth-order valence-corrected chi connectivity index (χ4v) is 7.02. The largest absolute Gasteiger partial charge is 0.463 e. The van der Waals surface area contributed by atoms with Crippen molar-refractivity contribution in [2.45, 2.75) is 26.8 Å². The van der Waals surface area contributed by atoms with Crippen LogP contribution in [0, 0.1) is 13.8 Å². The summed E-state index contributed by atoms with van der Waals surface area (Å²) in [5, 5.41) is 0.550. The maximum absolute atomic E-state index is 14.3. The first-order valence-corrected chi connectivity index (χ1v) is 15.7. The number of ether oxygens (including phenoxy) is 3. The molecule has 5 aromatic rings. The Kier molecular flexibility index (Phi) is 7.43. The lowest BCUT2D eigenvalue weighted by Crippen LogP contribution is -2.40. The van der Waals surface area contributed by atoms with Crippen molar-refractivity contribution in [2.75, 3.05) is 13.4 Å². The Morgan fingerprint density at radius 2 is 1.80 bits per heavy atom. The van der Waals surface area contributed by atoms with Crippen molar-refractivity contribution in [1.29, 1.82) is 0 Å². The number of rotatable bonds is 6. The summed E-state index contributed by atoms with van der Waals surface area (Å²) in [6.45, 7) is 6.18. The summed E-state index contributed by atoms with van der Waals surface area (Å²) in [7, 11) is 0. The third-order valence-corrected chi connectivity index (χ3v) is 9.17. The van der Waals surface area contributed by atoms with Gasteiger partial charge in [-0.15, -0.1) is 0 Å². The van der Waals surface area contributed by atoms with Gasteiger partial charge in [0.15, 0.2) is 16.3 Å². The number of esters is 1. The number of nitrogens with zero attached hydrogens (tertiary/aromatic N) is 3. The van der Waals surface area contributed by atoms with Crippen molar-refractivity contribution < 1.29 is 19.0 Å². The van der Waals surface area contributed by atoms with Crippen molar-refractivity contribution in [3.05, 3.63) is 137 Å². The topological polar surface area (TPSA) is 84.1 Å². The first-order chi connectivity index (χ1) is 21.8. The normalized spacial score (nSPS) is 15.6. The zero-order chi connectivity index (χ0) is 31.2. The van der Waals surface area contributed by atoms with Crippen molar-refractivity contribution in [1.82, 2.24) is 9.13 Å². The van der Waals surface area contributed by atoms with Gasteiger partial charge in [0.05, 0.1) is 28.5 Å². The third kappa shape index (κ3) is 5.08. The zero-order valence-electron chi connectivity index (χ0n) is 24.7. The second-order valence-corrected chi connectivity index (χ2v) is 12.1. The number of thiazole rings is 1. The van der Waals surface area contributed by atoms with Crippen LogP contribution in [0.2, 0.25) is 5.02 Å². The molecular formula is C35H28ClN3O5S. The Bertz CT molecular complexity index is 2180. The Labute approximate surface area is 267 Å². The van der Waals surface area contributed by atoms with Gasteiger partial charge in [0, 0.05) is 33.7 Å². The minimum Gasteiger partial charge on any atom is -0.463 e. The third-order valence-electron chi connectivity index (χ3n) is 7.93. The van der Waals surface area contributed by atoms with Crippen LogP contribution in [-0.4, -0.2) is 28.5 Å². The molecule has 0 saturated carbocycles. The summed E-state index contributed by atoms with van der Waals surface area (Å²) >= 11 is 7.53. The number of hydrogen-bond acceptors (Lipinski definition) is 7. The van der Waals surface area contributed by atoms with Gasteiger partial charge in [0.1, 0.15) is 0 Å². The molecule has 4 heterocycles. The number of halogens is 1. The molecule has 0 N–H and O–H groups in total. The molecule has 45 heavy (non-hydrogen) atoms. The van der Waals surface area contributed by atoms with E-state index in [0.717, 1.165) is 39.5 Å². The molecule has 7 rings (SSSR count). The molecule has 0 amide bonds. The quantitative estimate of drug-likeness (QED) is 0.222. The van der Waals surface area contributed by atoms with E-state index >= 15 is 0 Å². The van der Waals surface area contributed by atoms with Gasteiger partial charge in [0.25, 0.3) is 5.56 Å². The summed E-state index contributed by atoms with van der Waals surface area (Å²) < 4.78 is 20.8. The van der Waals surface area contributed by atoms with E-state index in [2.05, 4.69) is 4.57 Å². The van der Waals surface area contributed by atoms with Gasteiger partial charge in [-0.2, -0.15) is 0 Å². The van der Waals surface area contributed by atoms with Crippen molar-refractivity contribution in [2.24, 2.45) is 4.99 Å². The summed E-state index contributed by atoms with van der Waals surface area (Å²) in [6, 6.07) is 23.8. The SMILES string of the molecule is CCOC(=O)C1=C(c2ccccc2)N=c2s/c(=C/c3cc(C)n(-c4ccc5c(c4)OCO5)c3C)c(=O)n2[C@H]1c1ccc(Cl)cc1. The number of fused-ring (bicyclic) bond motifs is 2. The van der Waals surface area contributed by atoms with Gasteiger partial charge in [0.2, 0.25) is 6.79 Å². The molecule has 0 saturated heterocycles. The first kappa shape index (κ1) is 28.9. The molecule has 8 nitrogen and oxygen atoms in total. The smallest absolute Gasteiger partial charge is 0.338 e. The van der Waals surface area contributed by atoms with E-state index in [-0.39, 0.29) is 19.0 Å². The second kappa shape index (κ2) is 11.6. The number of benzene rings is 3. The Balaban J connectivity index is 1.43. The van der Waals surface area contributed by atoms with E-state index in [1.54, 1.807) is 23.6 Å². The van der Waals surface area contributed by atoms with Gasteiger partial charge in [-0.05, 0) is 68.3 Å². The van der Waals surface area contributed by atoms with Crippen LogP contribution in [0.5, 0.6) is 11.5 Å². The molecule has 0 fully saturated rings. The molecule has 0 bridgehead atoms. The molecule has 1 atom stereocenters. The van der Waals surface area contributed by atoms with E-state index in [1.165, 1.54) is 11.3 Å². The highest BCUT2D eigenvalue weighted by Gasteiger charge is 2.35. The van der Waals surface area contributed by atoms with Crippen LogP contribution in [0.25, 0.3) is 17.5 Å². The van der Waals surface area contributed by atoms with Crippen LogP contribution in [-0.2, 0) is 9.53 Å². The fraction of sp³-hybridized carbons (Fsp3) is 0.171. The molecule has 2 aliphatic rings. The summed E-state index contributed by atoms with van der Waals surface area (Å²) in [5.41, 5.74) is 5.79. The van der Waals surface area contributed by atoms with Gasteiger partial charge in [-0.25, -0.2) is 9.79 Å². The monoisotopic (exact) mass is 637 g/mol. The van der Waals surface area contributed by atoms with E-state index in [0.29, 0.717) is 31.4 Å². The highest BCUT2D eigenvalue weighted by molar-refractivity contribution is 7.07. The maximum Gasteiger partial charge on any atom is 0.338 e. The minimum atomic E-state index is -0.768. The second-order valence-electron chi connectivity index (χ2n) is 10.7. The Hall–Kier alpha value is -4.86. The molecule has 0 unspecified atom stereocenters. The summed E-state index contributed by atoms with van der Waals surface area (Å²) in [6.07, 6.45) is 1.89.